The lowest BCUT2D eigenvalue weighted by atomic mass is 10.0. The van der Waals surface area contributed by atoms with Gasteiger partial charge in [-0.05, 0) is 51.4 Å². The van der Waals surface area contributed by atoms with E-state index in [0.29, 0.717) is 0 Å². The SMILES string of the molecule is CCCCCCCCCCCC=CCCCCCCCCCCCC=CCCCCCCCCCCC. The van der Waals surface area contributed by atoms with Crippen LogP contribution in [-0.2, 0) is 0 Å². The zero-order chi connectivity index (χ0) is 26.7. The Bertz CT molecular complexity index is 391. The van der Waals surface area contributed by atoms with Crippen LogP contribution < -0.4 is 0 Å². The molecule has 0 aliphatic carbocycles. The van der Waals surface area contributed by atoms with Gasteiger partial charge in [-0.3, -0.25) is 0 Å². The van der Waals surface area contributed by atoms with E-state index in [1.165, 1.54) is 199 Å². The van der Waals surface area contributed by atoms with Crippen LogP contribution in [-0.4, -0.2) is 0 Å². The average Bonchev–Trinajstić information content (AvgIpc) is 2.91. The Morgan fingerprint density at radius 3 is 0.568 bits per heavy atom. The maximum Gasteiger partial charge on any atom is -0.0351 e. The molecule has 0 amide bonds. The van der Waals surface area contributed by atoms with Crippen molar-refractivity contribution in [2.75, 3.05) is 0 Å². The standard InChI is InChI=1S/C37H72/c1-3-5-7-9-11-13-15-17-19-21-23-25-27-29-31-33-35-37-36-34-32-30-28-26-24-22-20-18-16-14-12-10-8-6-4-2/h23-26H,3-22,27-37H2,1-2H3. The van der Waals surface area contributed by atoms with Crippen LogP contribution in [0.5, 0.6) is 0 Å². The van der Waals surface area contributed by atoms with Crippen molar-refractivity contribution < 1.29 is 0 Å². The Balaban J connectivity index is 3.12. The Morgan fingerprint density at radius 2 is 0.378 bits per heavy atom. The van der Waals surface area contributed by atoms with E-state index in [-0.39, 0.29) is 0 Å². The van der Waals surface area contributed by atoms with Gasteiger partial charge in [-0.1, -0.05) is 186 Å². The van der Waals surface area contributed by atoms with E-state index in [9.17, 15) is 0 Å². The topological polar surface area (TPSA) is 0 Å². The van der Waals surface area contributed by atoms with Crippen molar-refractivity contribution in [2.45, 2.75) is 213 Å². The van der Waals surface area contributed by atoms with Crippen LogP contribution in [0, 0.1) is 0 Å². The van der Waals surface area contributed by atoms with Crippen LogP contribution in [0.1, 0.15) is 213 Å². The quantitative estimate of drug-likeness (QED) is 0.0616. The van der Waals surface area contributed by atoms with Gasteiger partial charge >= 0.3 is 0 Å². The molecule has 0 aliphatic heterocycles. The van der Waals surface area contributed by atoms with Gasteiger partial charge in [-0.25, -0.2) is 0 Å². The summed E-state index contributed by atoms with van der Waals surface area (Å²) in [5, 5.41) is 0. The summed E-state index contributed by atoms with van der Waals surface area (Å²) in [7, 11) is 0. The Morgan fingerprint density at radius 1 is 0.216 bits per heavy atom. The molecular weight excluding hydrogens is 444 g/mol. The molecule has 0 atom stereocenters. The van der Waals surface area contributed by atoms with Crippen molar-refractivity contribution in [3.63, 3.8) is 0 Å². The van der Waals surface area contributed by atoms with Crippen LogP contribution in [0.4, 0.5) is 0 Å². The highest BCUT2D eigenvalue weighted by atomic mass is 14.0. The number of hydrogen-bond donors (Lipinski definition) is 0. The molecule has 0 rings (SSSR count). The van der Waals surface area contributed by atoms with Gasteiger partial charge in [0, 0.05) is 0 Å². The Hall–Kier alpha value is -0.520. The maximum atomic E-state index is 2.45. The van der Waals surface area contributed by atoms with Gasteiger partial charge in [0.15, 0.2) is 0 Å². The summed E-state index contributed by atoms with van der Waals surface area (Å²) in [5.74, 6) is 0. The summed E-state index contributed by atoms with van der Waals surface area (Å²) < 4.78 is 0. The molecule has 0 spiro atoms. The first-order valence-corrected chi connectivity index (χ1v) is 17.7. The predicted octanol–water partition coefficient (Wildman–Crippen LogP) is 14.2. The van der Waals surface area contributed by atoms with Gasteiger partial charge in [0.05, 0.1) is 0 Å². The zero-order valence-electron chi connectivity index (χ0n) is 26.2. The second-order valence-electron chi connectivity index (χ2n) is 11.9. The average molecular weight is 517 g/mol. The first-order chi connectivity index (χ1) is 18.4. The van der Waals surface area contributed by atoms with E-state index >= 15 is 0 Å². The van der Waals surface area contributed by atoms with Crippen LogP contribution in [0.25, 0.3) is 0 Å². The molecule has 0 heterocycles. The lowest BCUT2D eigenvalue weighted by Gasteiger charge is -2.02. The van der Waals surface area contributed by atoms with Gasteiger partial charge in [-0.2, -0.15) is 0 Å². The molecule has 0 aromatic carbocycles. The van der Waals surface area contributed by atoms with Gasteiger partial charge in [0.25, 0.3) is 0 Å². The molecule has 0 radical (unpaired) electrons. The van der Waals surface area contributed by atoms with Crippen LogP contribution in [0.15, 0.2) is 24.3 Å². The highest BCUT2D eigenvalue weighted by molar-refractivity contribution is 4.82. The molecule has 0 aliphatic rings. The molecule has 220 valence electrons. The summed E-state index contributed by atoms with van der Waals surface area (Å²) >= 11 is 0. The van der Waals surface area contributed by atoms with Crippen molar-refractivity contribution in [2.24, 2.45) is 0 Å². The monoisotopic (exact) mass is 517 g/mol. The summed E-state index contributed by atoms with van der Waals surface area (Å²) in [6.07, 6.45) is 53.9. The summed E-state index contributed by atoms with van der Waals surface area (Å²) in [6.45, 7) is 4.60. The van der Waals surface area contributed by atoms with E-state index in [0.717, 1.165) is 0 Å². The Kier molecular flexibility index (Phi) is 35.0. The normalized spacial score (nSPS) is 11.9. The second-order valence-corrected chi connectivity index (χ2v) is 11.9. The van der Waals surface area contributed by atoms with Gasteiger partial charge in [-0.15, -0.1) is 0 Å². The zero-order valence-corrected chi connectivity index (χ0v) is 26.2. The fraction of sp³-hybridized carbons (Fsp3) is 0.892. The first kappa shape index (κ1) is 36.5. The summed E-state index contributed by atoms with van der Waals surface area (Å²) in [6, 6.07) is 0. The molecule has 0 aromatic rings. The van der Waals surface area contributed by atoms with Crippen molar-refractivity contribution >= 4 is 0 Å². The molecule has 0 bridgehead atoms. The number of hydrogen-bond acceptors (Lipinski definition) is 0. The third kappa shape index (κ3) is 35.5. The highest BCUT2D eigenvalue weighted by Gasteiger charge is 1.94. The van der Waals surface area contributed by atoms with E-state index in [1.807, 2.05) is 0 Å². The molecule has 0 fully saturated rings. The number of allylic oxidation sites excluding steroid dienone is 4. The third-order valence-electron chi connectivity index (χ3n) is 8.02. The number of rotatable bonds is 32. The van der Waals surface area contributed by atoms with Crippen LogP contribution >= 0.6 is 0 Å². The number of unbranched alkanes of at least 4 members (excludes halogenated alkanes) is 28. The van der Waals surface area contributed by atoms with Gasteiger partial charge in [0.1, 0.15) is 0 Å². The molecule has 0 saturated heterocycles. The van der Waals surface area contributed by atoms with E-state index in [1.54, 1.807) is 0 Å². The molecule has 0 N–H and O–H groups in total. The molecule has 0 unspecified atom stereocenters. The van der Waals surface area contributed by atoms with Crippen LogP contribution in [0.2, 0.25) is 0 Å². The van der Waals surface area contributed by atoms with E-state index in [4.69, 9.17) is 0 Å². The minimum Gasteiger partial charge on any atom is -0.0885 e. The fourth-order valence-electron chi connectivity index (χ4n) is 5.38. The smallest absolute Gasteiger partial charge is 0.0351 e. The summed E-state index contributed by atoms with van der Waals surface area (Å²) in [5.41, 5.74) is 0. The fourth-order valence-corrected chi connectivity index (χ4v) is 5.38. The third-order valence-corrected chi connectivity index (χ3v) is 8.02. The van der Waals surface area contributed by atoms with Crippen molar-refractivity contribution in [1.29, 1.82) is 0 Å². The molecule has 0 nitrogen and oxygen atoms in total. The second kappa shape index (κ2) is 35.5. The van der Waals surface area contributed by atoms with Gasteiger partial charge in [0.2, 0.25) is 0 Å². The van der Waals surface area contributed by atoms with E-state index < -0.39 is 0 Å². The minimum atomic E-state index is 1.31. The van der Waals surface area contributed by atoms with Crippen LogP contribution in [0.3, 0.4) is 0 Å². The van der Waals surface area contributed by atoms with Gasteiger partial charge < -0.3 is 0 Å². The summed E-state index contributed by atoms with van der Waals surface area (Å²) in [4.78, 5) is 0. The lowest BCUT2D eigenvalue weighted by molar-refractivity contribution is 0.560. The Labute approximate surface area is 236 Å². The predicted molar refractivity (Wildman–Crippen MR) is 173 cm³/mol. The van der Waals surface area contributed by atoms with E-state index in [2.05, 4.69) is 38.2 Å². The van der Waals surface area contributed by atoms with Crippen molar-refractivity contribution in [3.05, 3.63) is 24.3 Å². The molecule has 0 heteroatoms. The molecule has 0 aromatic heterocycles. The lowest BCUT2D eigenvalue weighted by Crippen LogP contribution is -1.82. The first-order valence-electron chi connectivity index (χ1n) is 17.7. The molecule has 37 heavy (non-hydrogen) atoms. The van der Waals surface area contributed by atoms with Crippen molar-refractivity contribution in [1.82, 2.24) is 0 Å². The van der Waals surface area contributed by atoms with Crippen molar-refractivity contribution in [3.8, 4) is 0 Å². The highest BCUT2D eigenvalue weighted by Crippen LogP contribution is 2.14. The molecule has 0 saturated carbocycles. The minimum absolute atomic E-state index is 1.31. The molecular formula is C37H72. The largest absolute Gasteiger partial charge is 0.0885 e. The maximum absolute atomic E-state index is 2.45.